The lowest BCUT2D eigenvalue weighted by molar-refractivity contribution is -0.128. The summed E-state index contributed by atoms with van der Waals surface area (Å²) in [6.07, 6.45) is 2.88. The van der Waals surface area contributed by atoms with Crippen molar-refractivity contribution in [3.8, 4) is 0 Å². The molecule has 1 N–H and O–H groups in total. The van der Waals surface area contributed by atoms with Gasteiger partial charge in [-0.25, -0.2) is 9.69 Å². The van der Waals surface area contributed by atoms with Crippen LogP contribution < -0.4 is 4.90 Å². The minimum atomic E-state index is -1.13. The number of amides is 2. The summed E-state index contributed by atoms with van der Waals surface area (Å²) in [5.74, 6) is -2.74. The number of methoxy groups -OCH3 is 1. The van der Waals surface area contributed by atoms with Crippen molar-refractivity contribution >= 4 is 23.5 Å². The highest BCUT2D eigenvalue weighted by atomic mass is 16.5. The molecule has 0 radical (unpaired) electrons. The first-order valence-electron chi connectivity index (χ1n) is 7.56. The predicted molar refractivity (Wildman–Crippen MR) is 81.1 cm³/mol. The summed E-state index contributed by atoms with van der Waals surface area (Å²) >= 11 is 0. The summed E-state index contributed by atoms with van der Waals surface area (Å²) in [5.41, 5.74) is -0.562. The van der Waals surface area contributed by atoms with Crippen molar-refractivity contribution in [1.82, 2.24) is 0 Å². The third kappa shape index (κ3) is 1.76. The Morgan fingerprint density at radius 3 is 2.88 bits per heavy atom. The monoisotopic (exact) mass is 329 g/mol. The lowest BCUT2D eigenvalue weighted by Gasteiger charge is -2.26. The highest BCUT2D eigenvalue weighted by Gasteiger charge is 2.67. The molecule has 3 heterocycles. The van der Waals surface area contributed by atoms with E-state index in [2.05, 4.69) is 4.74 Å². The van der Waals surface area contributed by atoms with Gasteiger partial charge in [0.25, 0.3) is 0 Å². The number of benzene rings is 1. The fourth-order valence-electron chi connectivity index (χ4n) is 3.83. The van der Waals surface area contributed by atoms with Crippen LogP contribution in [0.3, 0.4) is 0 Å². The Labute approximate surface area is 137 Å². The zero-order chi connectivity index (χ0) is 17.1. The van der Waals surface area contributed by atoms with E-state index in [4.69, 9.17) is 4.74 Å². The van der Waals surface area contributed by atoms with E-state index in [0.29, 0.717) is 5.69 Å². The summed E-state index contributed by atoms with van der Waals surface area (Å²) < 4.78 is 10.3. The van der Waals surface area contributed by atoms with Crippen LogP contribution in [0.4, 0.5) is 5.69 Å². The molecule has 0 unspecified atom stereocenters. The molecule has 7 nitrogen and oxygen atoms in total. The van der Waals surface area contributed by atoms with Crippen molar-refractivity contribution in [2.75, 3.05) is 18.6 Å². The highest BCUT2D eigenvalue weighted by molar-refractivity contribution is 6.23. The van der Waals surface area contributed by atoms with Gasteiger partial charge in [-0.2, -0.15) is 0 Å². The molecule has 3 aliphatic heterocycles. The number of ether oxygens (including phenoxy) is 2. The van der Waals surface area contributed by atoms with Gasteiger partial charge < -0.3 is 14.6 Å². The average Bonchev–Trinajstić information content (AvgIpc) is 3.25. The minimum Gasteiger partial charge on any atom is -0.465 e. The molecule has 0 saturated carbocycles. The highest BCUT2D eigenvalue weighted by Crippen LogP contribution is 2.52. The Morgan fingerprint density at radius 2 is 2.17 bits per heavy atom. The lowest BCUT2D eigenvalue weighted by Crippen LogP contribution is -2.43. The van der Waals surface area contributed by atoms with Crippen LogP contribution in [0, 0.1) is 11.8 Å². The average molecular weight is 329 g/mol. The van der Waals surface area contributed by atoms with Gasteiger partial charge in [-0.3, -0.25) is 9.59 Å². The molecule has 0 aliphatic carbocycles. The molecule has 1 aromatic carbocycles. The maximum absolute atomic E-state index is 12.9. The van der Waals surface area contributed by atoms with Crippen LogP contribution in [0.2, 0.25) is 0 Å². The largest absolute Gasteiger partial charge is 0.465 e. The second kappa shape index (κ2) is 4.99. The first-order chi connectivity index (χ1) is 11.5. The van der Waals surface area contributed by atoms with Crippen LogP contribution in [-0.4, -0.2) is 48.3 Å². The van der Waals surface area contributed by atoms with Crippen molar-refractivity contribution < 1.29 is 29.0 Å². The quantitative estimate of drug-likeness (QED) is 0.486. The zero-order valence-corrected chi connectivity index (χ0v) is 12.8. The number of hydrogen-bond donors (Lipinski definition) is 1. The van der Waals surface area contributed by atoms with E-state index in [1.165, 1.54) is 13.2 Å². The van der Waals surface area contributed by atoms with Crippen molar-refractivity contribution in [3.05, 3.63) is 42.0 Å². The number of aliphatic hydroxyl groups excluding tert-OH is 1. The Bertz CT molecular complexity index is 787. The molecular formula is C17H15NO6. The summed E-state index contributed by atoms with van der Waals surface area (Å²) in [6, 6.07) is 6.17. The van der Waals surface area contributed by atoms with E-state index >= 15 is 0 Å². The van der Waals surface area contributed by atoms with E-state index in [1.54, 1.807) is 30.4 Å². The number of carbonyl (C=O) groups is 3. The number of esters is 1. The van der Waals surface area contributed by atoms with Gasteiger partial charge in [0.1, 0.15) is 5.60 Å². The van der Waals surface area contributed by atoms with Crippen molar-refractivity contribution in [3.63, 3.8) is 0 Å². The summed E-state index contributed by atoms with van der Waals surface area (Å²) in [7, 11) is 1.26. The molecule has 2 bridgehead atoms. The van der Waals surface area contributed by atoms with Gasteiger partial charge in [-0.1, -0.05) is 18.2 Å². The topological polar surface area (TPSA) is 93.1 Å². The number of carbonyl (C=O) groups excluding carboxylic acids is 3. The molecule has 1 aromatic rings. The van der Waals surface area contributed by atoms with Crippen LogP contribution in [0.15, 0.2) is 36.4 Å². The van der Waals surface area contributed by atoms with Crippen LogP contribution in [0.5, 0.6) is 0 Å². The predicted octanol–water partition coefficient (Wildman–Crippen LogP) is 0.278. The summed E-state index contributed by atoms with van der Waals surface area (Å²) in [5, 5.41) is 9.68. The van der Waals surface area contributed by atoms with E-state index in [9.17, 15) is 19.5 Å². The van der Waals surface area contributed by atoms with Gasteiger partial charge >= 0.3 is 5.97 Å². The number of nitrogens with zero attached hydrogens (tertiary/aromatic N) is 1. The number of imide groups is 1. The molecule has 2 amide bonds. The van der Waals surface area contributed by atoms with E-state index in [-0.39, 0.29) is 18.1 Å². The molecular weight excluding hydrogens is 314 g/mol. The number of hydrogen-bond acceptors (Lipinski definition) is 6. The third-order valence-electron chi connectivity index (χ3n) is 4.93. The summed E-state index contributed by atoms with van der Waals surface area (Å²) in [4.78, 5) is 38.4. The Morgan fingerprint density at radius 1 is 1.38 bits per heavy atom. The fraction of sp³-hybridized carbons (Fsp3) is 0.353. The van der Waals surface area contributed by atoms with Gasteiger partial charge in [0.15, 0.2) is 0 Å². The van der Waals surface area contributed by atoms with E-state index in [0.717, 1.165) is 4.90 Å². The lowest BCUT2D eigenvalue weighted by atomic mass is 9.77. The van der Waals surface area contributed by atoms with Gasteiger partial charge in [0.2, 0.25) is 11.8 Å². The number of anilines is 1. The number of aliphatic hydroxyl groups is 1. The van der Waals surface area contributed by atoms with E-state index in [1.807, 2.05) is 0 Å². The van der Waals surface area contributed by atoms with Crippen LogP contribution in [0.25, 0.3) is 0 Å². The number of fused-ring (bicyclic) bond motifs is 5. The first-order valence-corrected chi connectivity index (χ1v) is 7.56. The van der Waals surface area contributed by atoms with Crippen LogP contribution >= 0.6 is 0 Å². The molecule has 4 atom stereocenters. The normalized spacial score (nSPS) is 33.2. The standard InChI is InChI=1S/C17H15NO6/c1-23-16(22)9-3-2-4-10(7-9)18-14(20)12-11-5-6-17(8-19,24-11)13(12)15(18)21/h2-7,11-13,19H,8H2,1H3/t11-,12+,13+,17-/m1/s1. The Balaban J connectivity index is 1.73. The first kappa shape index (κ1) is 15.0. The van der Waals surface area contributed by atoms with Gasteiger partial charge in [0, 0.05) is 0 Å². The molecule has 7 heteroatoms. The molecule has 0 spiro atoms. The van der Waals surface area contributed by atoms with Crippen LogP contribution in [-0.2, 0) is 19.1 Å². The molecule has 24 heavy (non-hydrogen) atoms. The molecule has 4 rings (SSSR count). The summed E-state index contributed by atoms with van der Waals surface area (Å²) in [6.45, 7) is -0.365. The Hall–Kier alpha value is -2.51. The maximum atomic E-state index is 12.9. The minimum absolute atomic E-state index is 0.252. The van der Waals surface area contributed by atoms with Crippen molar-refractivity contribution in [1.29, 1.82) is 0 Å². The smallest absolute Gasteiger partial charge is 0.337 e. The molecule has 124 valence electrons. The maximum Gasteiger partial charge on any atom is 0.337 e. The zero-order valence-electron chi connectivity index (χ0n) is 12.8. The molecule has 2 saturated heterocycles. The van der Waals surface area contributed by atoms with Gasteiger partial charge in [-0.05, 0) is 18.2 Å². The molecule has 0 aromatic heterocycles. The number of rotatable bonds is 3. The molecule has 2 fully saturated rings. The third-order valence-corrected chi connectivity index (χ3v) is 4.93. The van der Waals surface area contributed by atoms with Crippen molar-refractivity contribution in [2.45, 2.75) is 11.7 Å². The fourth-order valence-corrected chi connectivity index (χ4v) is 3.83. The molecule has 3 aliphatic rings. The second-order valence-electron chi connectivity index (χ2n) is 6.11. The van der Waals surface area contributed by atoms with Gasteiger partial charge in [-0.15, -0.1) is 0 Å². The Kier molecular flexibility index (Phi) is 3.13. The SMILES string of the molecule is COC(=O)c1cccc(N2C(=O)[C@@H]3[C@@H](C2=O)[C@]2(CO)C=C[C@H]3O2)c1. The second-order valence-corrected chi connectivity index (χ2v) is 6.11. The van der Waals surface area contributed by atoms with Gasteiger partial charge in [0.05, 0.1) is 42.9 Å². The van der Waals surface area contributed by atoms with Crippen LogP contribution in [0.1, 0.15) is 10.4 Å². The van der Waals surface area contributed by atoms with Crippen molar-refractivity contribution in [2.24, 2.45) is 11.8 Å². The van der Waals surface area contributed by atoms with E-state index < -0.39 is 35.4 Å².